The molecule has 0 saturated heterocycles. The van der Waals surface area contributed by atoms with Crippen molar-refractivity contribution in [3.05, 3.63) is 53.9 Å². The number of halogens is 1. The van der Waals surface area contributed by atoms with Gasteiger partial charge in [-0.2, -0.15) is 0 Å². The monoisotopic (exact) mass is 422 g/mol. The van der Waals surface area contributed by atoms with Crippen LogP contribution in [-0.4, -0.2) is 41.1 Å². The molecule has 0 N–H and O–H groups in total. The minimum atomic E-state index is -4.09. The summed E-state index contributed by atoms with van der Waals surface area (Å²) in [4.78, 5) is 12.4. The summed E-state index contributed by atoms with van der Waals surface area (Å²) >= 11 is 6.03. The summed E-state index contributed by atoms with van der Waals surface area (Å²) in [6.45, 7) is 4.63. The van der Waals surface area contributed by atoms with Gasteiger partial charge >= 0.3 is 5.97 Å². The number of fused-ring (bicyclic) bond motifs is 1. The Morgan fingerprint density at radius 2 is 2.00 bits per heavy atom. The topological polar surface area (TPSA) is 93.9 Å². The van der Waals surface area contributed by atoms with E-state index >= 15 is 0 Å². The first kappa shape index (κ1) is 20.1. The van der Waals surface area contributed by atoms with Gasteiger partial charge in [0.15, 0.2) is 5.65 Å². The van der Waals surface area contributed by atoms with Gasteiger partial charge in [-0.3, -0.25) is 13.5 Å². The van der Waals surface area contributed by atoms with Crippen LogP contribution >= 0.6 is 11.6 Å². The molecule has 0 fully saturated rings. The summed E-state index contributed by atoms with van der Waals surface area (Å²) in [6, 6.07) is 9.20. The zero-order valence-corrected chi connectivity index (χ0v) is 17.1. The molecule has 0 aliphatic carbocycles. The van der Waals surface area contributed by atoms with Crippen LogP contribution in [0.5, 0.6) is 0 Å². The van der Waals surface area contributed by atoms with Crippen molar-refractivity contribution in [1.82, 2.24) is 14.6 Å². The van der Waals surface area contributed by atoms with Gasteiger partial charge < -0.3 is 4.74 Å². The number of ether oxygens (including phenoxy) is 1. The lowest BCUT2D eigenvalue weighted by atomic mass is 10.2. The van der Waals surface area contributed by atoms with Crippen LogP contribution in [0.1, 0.15) is 20.8 Å². The average molecular weight is 423 g/mol. The smallest absolute Gasteiger partial charge is 0.327 e. The minimum Gasteiger partial charge on any atom is -0.459 e. The van der Waals surface area contributed by atoms with E-state index in [1.807, 2.05) is 0 Å². The Balaban J connectivity index is 2.04. The number of carbonyl (C=O) groups excluding carboxylic acids is 1. The van der Waals surface area contributed by atoms with Gasteiger partial charge in [0, 0.05) is 11.2 Å². The molecule has 10 heteroatoms. The Labute approximate surface area is 167 Å². The van der Waals surface area contributed by atoms with E-state index < -0.39 is 28.1 Å². The molecule has 0 aliphatic rings. The number of carbonyl (C=O) groups is 1. The molecule has 0 bridgehead atoms. The normalized spacial score (nSPS) is 12.1. The molecule has 28 heavy (non-hydrogen) atoms. The number of anilines is 1. The van der Waals surface area contributed by atoms with E-state index in [-0.39, 0.29) is 10.6 Å². The molecule has 1 aromatic carbocycles. The summed E-state index contributed by atoms with van der Waals surface area (Å²) in [5, 5.41) is 7.94. The molecule has 2 heterocycles. The number of hydrogen-bond donors (Lipinski definition) is 0. The van der Waals surface area contributed by atoms with Gasteiger partial charge in [0.1, 0.15) is 23.4 Å². The third kappa shape index (κ3) is 4.42. The highest BCUT2D eigenvalue weighted by Gasteiger charge is 2.30. The van der Waals surface area contributed by atoms with Crippen molar-refractivity contribution >= 4 is 38.9 Å². The van der Waals surface area contributed by atoms with Crippen molar-refractivity contribution in [2.75, 3.05) is 10.8 Å². The molecule has 0 amide bonds. The molecule has 3 rings (SSSR count). The quantitative estimate of drug-likeness (QED) is 0.587. The lowest BCUT2D eigenvalue weighted by molar-refractivity contribution is -0.152. The average Bonchev–Trinajstić information content (AvgIpc) is 3.05. The minimum absolute atomic E-state index is 0.0247. The third-order valence-electron chi connectivity index (χ3n) is 3.64. The van der Waals surface area contributed by atoms with Gasteiger partial charge in [-0.05, 0) is 51.1 Å². The lowest BCUT2D eigenvalue weighted by Gasteiger charge is -2.26. The Bertz CT molecular complexity index is 1120. The molecule has 8 nitrogen and oxygen atoms in total. The van der Waals surface area contributed by atoms with E-state index in [1.54, 1.807) is 39.0 Å². The van der Waals surface area contributed by atoms with Crippen LogP contribution < -0.4 is 4.31 Å². The van der Waals surface area contributed by atoms with E-state index in [9.17, 15) is 13.2 Å². The third-order valence-corrected chi connectivity index (χ3v) is 5.63. The van der Waals surface area contributed by atoms with Gasteiger partial charge in [-0.1, -0.05) is 17.7 Å². The Morgan fingerprint density at radius 1 is 1.25 bits per heavy atom. The maximum atomic E-state index is 13.3. The van der Waals surface area contributed by atoms with Gasteiger partial charge in [0.05, 0.1) is 5.69 Å². The molecule has 0 saturated carbocycles. The van der Waals surface area contributed by atoms with Crippen LogP contribution in [0.2, 0.25) is 5.02 Å². The predicted octanol–water partition coefficient (Wildman–Crippen LogP) is 2.92. The molecular weight excluding hydrogens is 404 g/mol. The summed E-state index contributed by atoms with van der Waals surface area (Å²) in [6.07, 6.45) is 2.78. The summed E-state index contributed by atoms with van der Waals surface area (Å²) < 4.78 is 34.4. The maximum Gasteiger partial charge on any atom is 0.327 e. The van der Waals surface area contributed by atoms with Crippen LogP contribution in [0.3, 0.4) is 0 Å². The lowest BCUT2D eigenvalue weighted by Crippen LogP contribution is -2.39. The first-order valence-electron chi connectivity index (χ1n) is 8.36. The highest BCUT2D eigenvalue weighted by molar-refractivity contribution is 7.92. The van der Waals surface area contributed by atoms with Crippen molar-refractivity contribution in [2.24, 2.45) is 0 Å². The van der Waals surface area contributed by atoms with E-state index in [0.717, 1.165) is 4.31 Å². The van der Waals surface area contributed by atoms with E-state index in [1.165, 1.54) is 35.1 Å². The fourth-order valence-electron chi connectivity index (χ4n) is 2.52. The number of benzene rings is 1. The first-order chi connectivity index (χ1) is 13.1. The Hall–Kier alpha value is -2.65. The van der Waals surface area contributed by atoms with Crippen molar-refractivity contribution in [1.29, 1.82) is 0 Å². The summed E-state index contributed by atoms with van der Waals surface area (Å²) in [5.74, 6) is -0.679. The summed E-state index contributed by atoms with van der Waals surface area (Å²) in [7, 11) is -4.09. The number of sulfonamides is 1. The molecule has 0 spiro atoms. The van der Waals surface area contributed by atoms with Crippen LogP contribution in [0, 0.1) is 0 Å². The second kappa shape index (κ2) is 7.40. The van der Waals surface area contributed by atoms with Gasteiger partial charge in [-0.15, -0.1) is 10.2 Å². The Morgan fingerprint density at radius 3 is 2.68 bits per heavy atom. The Kier molecular flexibility index (Phi) is 5.31. The highest BCUT2D eigenvalue weighted by atomic mass is 35.5. The van der Waals surface area contributed by atoms with Crippen molar-refractivity contribution in [3.8, 4) is 0 Å². The van der Waals surface area contributed by atoms with Gasteiger partial charge in [0.2, 0.25) is 0 Å². The first-order valence-corrected chi connectivity index (χ1v) is 10.2. The number of nitrogens with zero attached hydrogens (tertiary/aromatic N) is 4. The molecule has 0 aliphatic heterocycles. The van der Waals surface area contributed by atoms with Crippen LogP contribution in [0.15, 0.2) is 53.8 Å². The van der Waals surface area contributed by atoms with Crippen molar-refractivity contribution in [2.45, 2.75) is 31.3 Å². The number of rotatable bonds is 5. The predicted molar refractivity (Wildman–Crippen MR) is 105 cm³/mol. The number of esters is 1. The van der Waals surface area contributed by atoms with Crippen LogP contribution in [0.4, 0.5) is 5.69 Å². The number of aromatic nitrogens is 3. The molecule has 0 atom stereocenters. The van der Waals surface area contributed by atoms with E-state index in [4.69, 9.17) is 16.3 Å². The van der Waals surface area contributed by atoms with Crippen molar-refractivity contribution < 1.29 is 17.9 Å². The second-order valence-corrected chi connectivity index (χ2v) is 9.34. The number of hydrogen-bond acceptors (Lipinski definition) is 6. The molecule has 0 unspecified atom stereocenters. The van der Waals surface area contributed by atoms with Gasteiger partial charge in [-0.25, -0.2) is 8.42 Å². The van der Waals surface area contributed by atoms with Crippen molar-refractivity contribution in [3.63, 3.8) is 0 Å². The van der Waals surface area contributed by atoms with Crippen LogP contribution in [-0.2, 0) is 19.6 Å². The largest absolute Gasteiger partial charge is 0.459 e. The van der Waals surface area contributed by atoms with E-state index in [0.29, 0.717) is 10.7 Å². The molecule has 3 aromatic rings. The fourth-order valence-corrected chi connectivity index (χ4v) is 4.12. The van der Waals surface area contributed by atoms with Gasteiger partial charge in [0.25, 0.3) is 10.0 Å². The number of pyridine rings is 1. The standard InChI is InChI=1S/C18H19ClN4O4S/c1-18(2,3)27-17(24)11-23(14-6-4-5-13(19)9-14)28(25,26)15-7-8-16-21-20-12-22(16)10-15/h4-10,12H,11H2,1-3H3. The SMILES string of the molecule is CC(C)(C)OC(=O)CN(c1cccc(Cl)c1)S(=O)(=O)c1ccc2nncn2c1. The molecule has 148 valence electrons. The maximum absolute atomic E-state index is 13.3. The second-order valence-electron chi connectivity index (χ2n) is 7.04. The van der Waals surface area contributed by atoms with Crippen LogP contribution in [0.25, 0.3) is 5.65 Å². The highest BCUT2D eigenvalue weighted by Crippen LogP contribution is 2.26. The molecule has 2 aromatic heterocycles. The summed E-state index contributed by atoms with van der Waals surface area (Å²) in [5.41, 5.74) is 0.00464. The molecular formula is C18H19ClN4O4S. The zero-order valence-electron chi connectivity index (χ0n) is 15.5. The molecule has 0 radical (unpaired) electrons. The fraction of sp³-hybridized carbons (Fsp3) is 0.278. The zero-order chi connectivity index (χ0) is 20.5. The van der Waals surface area contributed by atoms with E-state index in [2.05, 4.69) is 10.2 Å².